The summed E-state index contributed by atoms with van der Waals surface area (Å²) in [6, 6.07) is 0. The van der Waals surface area contributed by atoms with Crippen LogP contribution in [0.3, 0.4) is 0 Å². The Morgan fingerprint density at radius 1 is 0.742 bits per heavy atom. The zero-order valence-corrected chi connectivity index (χ0v) is 15.4. The molecule has 0 aromatic heterocycles. The van der Waals surface area contributed by atoms with Crippen LogP contribution in [0.15, 0.2) is 12.2 Å². The summed E-state index contributed by atoms with van der Waals surface area (Å²) in [6.07, 6.45) is -35.6. The molecule has 0 radical (unpaired) electrons. The van der Waals surface area contributed by atoms with Crippen LogP contribution in [0.25, 0.3) is 0 Å². The third-order valence-corrected chi connectivity index (χ3v) is 4.15. The molecule has 184 valence electrons. The number of carbonyl (C=O) groups excluding carboxylic acids is 1. The minimum atomic E-state index is -6.33. The van der Waals surface area contributed by atoms with Gasteiger partial charge in [0.25, 0.3) is 11.2 Å². The molecule has 0 aliphatic carbocycles. The lowest BCUT2D eigenvalue weighted by atomic mass is 9.89. The summed E-state index contributed by atoms with van der Waals surface area (Å²) in [5, 5.41) is 18.1. The van der Waals surface area contributed by atoms with Crippen molar-refractivity contribution in [2.24, 2.45) is 0 Å². The minimum Gasteiger partial charge on any atom is -0.459 e. The van der Waals surface area contributed by atoms with Gasteiger partial charge in [0.15, 0.2) is 0 Å². The summed E-state index contributed by atoms with van der Waals surface area (Å²) in [6.45, 7) is 3.91. The molecule has 0 rings (SSSR count). The average molecular weight is 488 g/mol. The van der Waals surface area contributed by atoms with Crippen molar-refractivity contribution in [1.29, 1.82) is 0 Å². The highest BCUT2D eigenvalue weighted by atomic mass is 19.4. The zero-order valence-electron chi connectivity index (χ0n) is 15.4. The lowest BCUT2D eigenvalue weighted by Crippen LogP contribution is -2.57. The van der Waals surface area contributed by atoms with Crippen LogP contribution in [0.1, 0.15) is 32.6 Å². The van der Waals surface area contributed by atoms with E-state index < -0.39 is 79.2 Å². The van der Waals surface area contributed by atoms with Crippen LogP contribution in [0, 0.1) is 0 Å². The van der Waals surface area contributed by atoms with Gasteiger partial charge in [0.05, 0.1) is 0 Å². The molecule has 4 nitrogen and oxygen atoms in total. The Labute approximate surface area is 166 Å². The predicted octanol–water partition coefficient (Wildman–Crippen LogP) is 4.75. The maximum absolute atomic E-state index is 12.7. The van der Waals surface area contributed by atoms with E-state index in [2.05, 4.69) is 11.3 Å². The van der Waals surface area contributed by atoms with Gasteiger partial charge in [0, 0.05) is 5.57 Å². The fourth-order valence-electron chi connectivity index (χ4n) is 2.14. The molecule has 0 aliphatic rings. The number of hydrogen-bond donors (Lipinski definition) is 2. The minimum absolute atomic E-state index is 0.534. The lowest BCUT2D eigenvalue weighted by molar-refractivity contribution is -0.372. The number of hydrogen-bond acceptors (Lipinski definition) is 4. The van der Waals surface area contributed by atoms with Crippen LogP contribution < -0.4 is 0 Å². The van der Waals surface area contributed by atoms with E-state index in [0.717, 1.165) is 6.92 Å². The van der Waals surface area contributed by atoms with Gasteiger partial charge in [-0.2, -0.15) is 52.7 Å². The van der Waals surface area contributed by atoms with Crippen LogP contribution in [0.5, 0.6) is 0 Å². The molecule has 0 spiro atoms. The first-order valence-corrected chi connectivity index (χ1v) is 7.99. The molecule has 0 unspecified atom stereocenters. The molecular weight excluding hydrogens is 472 g/mol. The van der Waals surface area contributed by atoms with E-state index in [1.54, 1.807) is 0 Å². The largest absolute Gasteiger partial charge is 0.459 e. The molecule has 0 bridgehead atoms. The molecule has 31 heavy (non-hydrogen) atoms. The van der Waals surface area contributed by atoms with Crippen molar-refractivity contribution in [1.82, 2.24) is 0 Å². The summed E-state index contributed by atoms with van der Waals surface area (Å²) < 4.78 is 157. The fourth-order valence-corrected chi connectivity index (χ4v) is 2.14. The molecule has 0 aromatic carbocycles. The van der Waals surface area contributed by atoms with E-state index in [-0.39, 0.29) is 0 Å². The first-order valence-electron chi connectivity index (χ1n) is 7.99. The quantitative estimate of drug-likeness (QED) is 0.294. The molecule has 0 heterocycles. The molecule has 0 aromatic rings. The van der Waals surface area contributed by atoms with E-state index in [0.29, 0.717) is 0 Å². The van der Waals surface area contributed by atoms with Gasteiger partial charge in [-0.1, -0.05) is 6.58 Å². The molecule has 0 aliphatic heterocycles. The highest BCUT2D eigenvalue weighted by molar-refractivity contribution is 5.87. The van der Waals surface area contributed by atoms with Crippen molar-refractivity contribution in [3.63, 3.8) is 0 Å². The van der Waals surface area contributed by atoms with E-state index in [9.17, 15) is 57.5 Å². The molecule has 0 fully saturated rings. The second-order valence-corrected chi connectivity index (χ2v) is 6.60. The normalized spacial score (nSPS) is 14.7. The first kappa shape index (κ1) is 29.3. The highest BCUT2D eigenvalue weighted by Gasteiger charge is 2.71. The number of rotatable bonds is 8. The molecular formula is C15H16F12O4. The van der Waals surface area contributed by atoms with Crippen LogP contribution >= 0.6 is 0 Å². The van der Waals surface area contributed by atoms with Crippen molar-refractivity contribution in [2.75, 3.05) is 0 Å². The van der Waals surface area contributed by atoms with Gasteiger partial charge in [-0.25, -0.2) is 4.79 Å². The highest BCUT2D eigenvalue weighted by Crippen LogP contribution is 2.48. The Kier molecular flexibility index (Phi) is 8.54. The number of alkyl halides is 12. The molecule has 2 N–H and O–H groups in total. The average Bonchev–Trinajstić information content (AvgIpc) is 2.51. The van der Waals surface area contributed by atoms with Crippen molar-refractivity contribution in [3.8, 4) is 0 Å². The Bertz CT molecular complexity index is 574. The summed E-state index contributed by atoms with van der Waals surface area (Å²) in [7, 11) is 0. The van der Waals surface area contributed by atoms with Crippen LogP contribution in [0.4, 0.5) is 52.7 Å². The second-order valence-electron chi connectivity index (χ2n) is 6.60. The maximum Gasteiger partial charge on any atom is 0.426 e. The summed E-state index contributed by atoms with van der Waals surface area (Å²) in [4.78, 5) is 11.5. The summed E-state index contributed by atoms with van der Waals surface area (Å²) in [5.41, 5.74) is -11.3. The SMILES string of the molecule is C=C(C)C(=O)OC(CCC(O)(C(F)(F)F)C(F)(F)F)CCC(O)(C(F)(F)F)C(F)(F)F. The van der Waals surface area contributed by atoms with Crippen LogP contribution in [-0.2, 0) is 9.53 Å². The third kappa shape index (κ3) is 6.63. The van der Waals surface area contributed by atoms with Crippen LogP contribution in [-0.4, -0.2) is 58.2 Å². The topological polar surface area (TPSA) is 66.8 Å². The molecule has 0 saturated carbocycles. The first-order chi connectivity index (χ1) is 13.4. The maximum atomic E-state index is 12.7. The van der Waals surface area contributed by atoms with Gasteiger partial charge < -0.3 is 14.9 Å². The number of carbonyl (C=O) groups is 1. The zero-order chi connectivity index (χ0) is 25.3. The van der Waals surface area contributed by atoms with Crippen molar-refractivity contribution >= 4 is 5.97 Å². The fraction of sp³-hybridized carbons (Fsp3) is 0.800. The van der Waals surface area contributed by atoms with Gasteiger partial charge >= 0.3 is 30.7 Å². The van der Waals surface area contributed by atoms with Gasteiger partial charge in [-0.3, -0.25) is 0 Å². The summed E-state index contributed by atoms with van der Waals surface area (Å²) >= 11 is 0. The molecule has 0 amide bonds. The van der Waals surface area contributed by atoms with E-state index in [4.69, 9.17) is 10.2 Å². The van der Waals surface area contributed by atoms with E-state index in [1.807, 2.05) is 0 Å². The van der Waals surface area contributed by atoms with Crippen LogP contribution in [0.2, 0.25) is 0 Å². The number of esters is 1. The number of ether oxygens (including phenoxy) is 1. The molecule has 16 heteroatoms. The lowest BCUT2D eigenvalue weighted by Gasteiger charge is -2.35. The summed E-state index contributed by atoms with van der Waals surface area (Å²) in [5.74, 6) is -1.55. The Balaban J connectivity index is 5.85. The van der Waals surface area contributed by atoms with Gasteiger partial charge in [-0.05, 0) is 32.6 Å². The van der Waals surface area contributed by atoms with Gasteiger partial charge in [0.1, 0.15) is 6.10 Å². The monoisotopic (exact) mass is 488 g/mol. The van der Waals surface area contributed by atoms with Gasteiger partial charge in [-0.15, -0.1) is 0 Å². The van der Waals surface area contributed by atoms with Crippen molar-refractivity contribution in [2.45, 2.75) is 74.6 Å². The number of aliphatic hydroxyl groups is 2. The molecule has 0 atom stereocenters. The predicted molar refractivity (Wildman–Crippen MR) is 77.3 cm³/mol. The second kappa shape index (κ2) is 9.03. The number of halogens is 12. The van der Waals surface area contributed by atoms with Crippen molar-refractivity contribution in [3.05, 3.63) is 12.2 Å². The standard InChI is InChI=1S/C15H16F12O4/c1-7(2)9(28)31-8(3-5-10(29,12(16,17)18)13(19,20)21)4-6-11(30,14(22,23)24)15(25,26)27/h8,29-30H,1,3-6H2,2H3. The third-order valence-electron chi connectivity index (χ3n) is 4.15. The van der Waals surface area contributed by atoms with Gasteiger partial charge in [0.2, 0.25) is 0 Å². The van der Waals surface area contributed by atoms with E-state index in [1.165, 1.54) is 0 Å². The Hall–Kier alpha value is -1.71. The van der Waals surface area contributed by atoms with E-state index >= 15 is 0 Å². The molecule has 0 saturated heterocycles. The van der Waals surface area contributed by atoms with Crippen molar-refractivity contribution < 1.29 is 72.4 Å². The smallest absolute Gasteiger partial charge is 0.426 e. The Morgan fingerprint density at radius 2 is 1.00 bits per heavy atom. The Morgan fingerprint density at radius 3 is 1.19 bits per heavy atom.